The van der Waals surface area contributed by atoms with Crippen LogP contribution in [-0.2, 0) is 4.79 Å². The molecule has 2 N–H and O–H groups in total. The third-order valence-electron chi connectivity index (χ3n) is 4.26. The van der Waals surface area contributed by atoms with Crippen molar-refractivity contribution in [3.63, 3.8) is 0 Å². The number of halogens is 1. The number of carbonyl (C=O) groups is 1. The molecular weight excluding hydrogens is 304 g/mol. The van der Waals surface area contributed by atoms with E-state index in [-0.39, 0.29) is 11.3 Å². The van der Waals surface area contributed by atoms with Crippen molar-refractivity contribution in [2.75, 3.05) is 18.4 Å². The van der Waals surface area contributed by atoms with Crippen molar-refractivity contribution in [3.8, 4) is 0 Å². The number of anilines is 1. The number of amides is 1. The van der Waals surface area contributed by atoms with E-state index in [1.165, 1.54) is 0 Å². The molecule has 1 atom stereocenters. The minimum absolute atomic E-state index is 0.133. The summed E-state index contributed by atoms with van der Waals surface area (Å²) >= 11 is 3.50. The summed E-state index contributed by atoms with van der Waals surface area (Å²) in [5, 5.41) is 6.42. The summed E-state index contributed by atoms with van der Waals surface area (Å²) in [6, 6.07) is 5.89. The molecule has 1 aromatic rings. The fraction of sp³-hybridized carbons (Fsp3) is 0.533. The van der Waals surface area contributed by atoms with E-state index in [2.05, 4.69) is 40.4 Å². The molecule has 1 amide bonds. The summed E-state index contributed by atoms with van der Waals surface area (Å²) in [7, 11) is 0. The van der Waals surface area contributed by atoms with Crippen LogP contribution in [0.2, 0.25) is 0 Å². The molecule has 104 valence electrons. The van der Waals surface area contributed by atoms with Gasteiger partial charge in [0.05, 0.1) is 5.41 Å². The highest BCUT2D eigenvalue weighted by atomic mass is 79.9. The molecule has 0 spiro atoms. The molecule has 0 bridgehead atoms. The Balaban J connectivity index is 2.23. The Hall–Kier alpha value is -0.870. The zero-order valence-corrected chi connectivity index (χ0v) is 13.3. The highest BCUT2D eigenvalue weighted by Crippen LogP contribution is 2.36. The van der Waals surface area contributed by atoms with Crippen molar-refractivity contribution < 1.29 is 4.79 Å². The zero-order chi connectivity index (χ0) is 14.0. The third-order valence-corrected chi connectivity index (χ3v) is 5.12. The summed E-state index contributed by atoms with van der Waals surface area (Å²) in [6.07, 6.45) is 0.906. The van der Waals surface area contributed by atoms with Crippen LogP contribution in [0.1, 0.15) is 25.8 Å². The zero-order valence-electron chi connectivity index (χ0n) is 11.7. The van der Waals surface area contributed by atoms with Gasteiger partial charge in [-0.05, 0) is 43.5 Å². The summed E-state index contributed by atoms with van der Waals surface area (Å²) < 4.78 is 1.02. The van der Waals surface area contributed by atoms with Crippen molar-refractivity contribution in [3.05, 3.63) is 28.2 Å². The van der Waals surface area contributed by atoms with E-state index in [0.29, 0.717) is 5.92 Å². The average Bonchev–Trinajstić information content (AvgIpc) is 2.85. The van der Waals surface area contributed by atoms with Crippen molar-refractivity contribution in [2.45, 2.75) is 27.2 Å². The molecule has 19 heavy (non-hydrogen) atoms. The molecule has 3 nitrogen and oxygen atoms in total. The SMILES string of the molecule is Cc1c(Br)cccc1NC(=O)C1(C(C)C)CCNC1. The van der Waals surface area contributed by atoms with Crippen LogP contribution in [-0.4, -0.2) is 19.0 Å². The van der Waals surface area contributed by atoms with Crippen LogP contribution in [0.3, 0.4) is 0 Å². The van der Waals surface area contributed by atoms with Crippen LogP contribution in [0.25, 0.3) is 0 Å². The Bertz CT molecular complexity index is 479. The Morgan fingerprint density at radius 3 is 2.79 bits per heavy atom. The van der Waals surface area contributed by atoms with Crippen LogP contribution < -0.4 is 10.6 Å². The van der Waals surface area contributed by atoms with Crippen molar-refractivity contribution in [2.24, 2.45) is 11.3 Å². The lowest BCUT2D eigenvalue weighted by atomic mass is 9.75. The van der Waals surface area contributed by atoms with Gasteiger partial charge in [-0.25, -0.2) is 0 Å². The molecule has 0 aromatic heterocycles. The Morgan fingerprint density at radius 2 is 2.21 bits per heavy atom. The summed E-state index contributed by atoms with van der Waals surface area (Å²) in [5.41, 5.74) is 1.68. The minimum atomic E-state index is -0.283. The highest BCUT2D eigenvalue weighted by molar-refractivity contribution is 9.10. The predicted molar refractivity (Wildman–Crippen MR) is 82.3 cm³/mol. The molecule has 1 aromatic carbocycles. The van der Waals surface area contributed by atoms with Gasteiger partial charge < -0.3 is 10.6 Å². The molecule has 0 radical (unpaired) electrons. The molecule has 0 saturated carbocycles. The average molecular weight is 325 g/mol. The van der Waals surface area contributed by atoms with Gasteiger partial charge in [0.1, 0.15) is 0 Å². The van der Waals surface area contributed by atoms with Gasteiger partial charge in [-0.3, -0.25) is 4.79 Å². The van der Waals surface area contributed by atoms with E-state index in [1.807, 2.05) is 25.1 Å². The molecule has 1 unspecified atom stereocenters. The van der Waals surface area contributed by atoms with Crippen LogP contribution in [0.15, 0.2) is 22.7 Å². The minimum Gasteiger partial charge on any atom is -0.325 e. The van der Waals surface area contributed by atoms with Crippen LogP contribution >= 0.6 is 15.9 Å². The fourth-order valence-corrected chi connectivity index (χ4v) is 3.02. The monoisotopic (exact) mass is 324 g/mol. The van der Waals surface area contributed by atoms with E-state index in [9.17, 15) is 4.79 Å². The number of benzene rings is 1. The van der Waals surface area contributed by atoms with E-state index >= 15 is 0 Å². The van der Waals surface area contributed by atoms with Gasteiger partial charge in [0, 0.05) is 16.7 Å². The number of rotatable bonds is 3. The van der Waals surface area contributed by atoms with Crippen molar-refractivity contribution >= 4 is 27.5 Å². The lowest BCUT2D eigenvalue weighted by molar-refractivity contribution is -0.126. The molecule has 1 fully saturated rings. The topological polar surface area (TPSA) is 41.1 Å². The van der Waals surface area contributed by atoms with Crippen LogP contribution in [0.4, 0.5) is 5.69 Å². The number of carbonyl (C=O) groups excluding carboxylic acids is 1. The first-order chi connectivity index (χ1) is 8.97. The van der Waals surface area contributed by atoms with Gasteiger partial charge >= 0.3 is 0 Å². The quantitative estimate of drug-likeness (QED) is 0.895. The Morgan fingerprint density at radius 1 is 1.47 bits per heavy atom. The first-order valence-electron chi connectivity index (χ1n) is 6.74. The molecule has 0 aliphatic carbocycles. The largest absolute Gasteiger partial charge is 0.325 e. The van der Waals surface area contributed by atoms with Gasteiger partial charge in [-0.2, -0.15) is 0 Å². The Labute approximate surface area is 123 Å². The lowest BCUT2D eigenvalue weighted by Gasteiger charge is -2.31. The second kappa shape index (κ2) is 5.63. The van der Waals surface area contributed by atoms with Crippen molar-refractivity contribution in [1.29, 1.82) is 0 Å². The second-order valence-electron chi connectivity index (χ2n) is 5.60. The smallest absolute Gasteiger partial charge is 0.232 e. The van der Waals surface area contributed by atoms with Gasteiger partial charge in [-0.15, -0.1) is 0 Å². The number of nitrogens with one attached hydrogen (secondary N) is 2. The summed E-state index contributed by atoms with van der Waals surface area (Å²) in [5.74, 6) is 0.462. The second-order valence-corrected chi connectivity index (χ2v) is 6.46. The van der Waals surface area contributed by atoms with Gasteiger partial charge in [0.2, 0.25) is 5.91 Å². The Kier molecular flexibility index (Phi) is 4.31. The fourth-order valence-electron chi connectivity index (χ4n) is 2.65. The molecular formula is C15H21BrN2O. The van der Waals surface area contributed by atoms with Gasteiger partial charge in [0.25, 0.3) is 0 Å². The van der Waals surface area contributed by atoms with E-state index in [4.69, 9.17) is 0 Å². The van der Waals surface area contributed by atoms with E-state index in [0.717, 1.165) is 35.2 Å². The molecule has 2 rings (SSSR count). The summed E-state index contributed by atoms with van der Waals surface area (Å²) in [6.45, 7) is 7.95. The van der Waals surface area contributed by atoms with Gasteiger partial charge in [-0.1, -0.05) is 35.8 Å². The van der Waals surface area contributed by atoms with E-state index < -0.39 is 0 Å². The highest BCUT2D eigenvalue weighted by Gasteiger charge is 2.43. The number of hydrogen-bond acceptors (Lipinski definition) is 2. The predicted octanol–water partition coefficient (Wildman–Crippen LogP) is 3.33. The first-order valence-corrected chi connectivity index (χ1v) is 7.54. The maximum atomic E-state index is 12.7. The summed E-state index contributed by atoms with van der Waals surface area (Å²) in [4.78, 5) is 12.7. The molecule has 4 heteroatoms. The van der Waals surface area contributed by atoms with Gasteiger partial charge in [0.15, 0.2) is 0 Å². The van der Waals surface area contributed by atoms with Crippen LogP contribution in [0.5, 0.6) is 0 Å². The normalized spacial score (nSPS) is 22.8. The third kappa shape index (κ3) is 2.70. The maximum Gasteiger partial charge on any atom is 0.232 e. The maximum absolute atomic E-state index is 12.7. The van der Waals surface area contributed by atoms with Crippen LogP contribution in [0, 0.1) is 18.3 Å². The van der Waals surface area contributed by atoms with E-state index in [1.54, 1.807) is 0 Å². The lowest BCUT2D eigenvalue weighted by Crippen LogP contribution is -2.42. The molecule has 1 aliphatic rings. The molecule has 1 saturated heterocycles. The number of hydrogen-bond donors (Lipinski definition) is 2. The first kappa shape index (κ1) is 14.5. The molecule has 1 aliphatic heterocycles. The van der Waals surface area contributed by atoms with Crippen molar-refractivity contribution in [1.82, 2.24) is 5.32 Å². The standard InChI is InChI=1S/C15H21BrN2O/c1-10(2)15(7-8-17-9-15)14(19)18-13-6-4-5-12(16)11(13)3/h4-6,10,17H,7-9H2,1-3H3,(H,18,19). The molecule has 1 heterocycles.